The number of imide groups is 1. The Morgan fingerprint density at radius 1 is 1.70 bits per heavy atom. The van der Waals surface area contributed by atoms with Crippen LogP contribution in [0.5, 0.6) is 0 Å². The number of hydrogen-bond acceptors (Lipinski definition) is 3. The quantitative estimate of drug-likeness (QED) is 0.552. The van der Waals surface area contributed by atoms with Gasteiger partial charge in [-0.1, -0.05) is 0 Å². The molecule has 0 aliphatic carbocycles. The van der Waals surface area contributed by atoms with Gasteiger partial charge in [-0.2, -0.15) is 0 Å². The van der Waals surface area contributed by atoms with Gasteiger partial charge in [0.1, 0.15) is 6.61 Å². The highest BCUT2D eigenvalue weighted by Gasteiger charge is 2.00. The number of rotatable bonds is 4. The molecule has 0 aromatic carbocycles. The lowest BCUT2D eigenvalue weighted by molar-refractivity contribution is -0.130. The molecular weight excluding hydrogens is 134 g/mol. The van der Waals surface area contributed by atoms with E-state index in [1.54, 1.807) is 0 Å². The number of carbonyl (C=O) groups is 2. The van der Waals surface area contributed by atoms with Gasteiger partial charge < -0.3 is 4.74 Å². The van der Waals surface area contributed by atoms with Gasteiger partial charge in [-0.05, 0) is 13.8 Å². The van der Waals surface area contributed by atoms with Crippen LogP contribution in [0.1, 0.15) is 13.8 Å². The molecule has 0 rings (SSSR count). The lowest BCUT2D eigenvalue weighted by Gasteiger charge is -2.04. The Morgan fingerprint density at radius 3 is 2.70 bits per heavy atom. The molecule has 0 unspecified atom stereocenters. The molecule has 10 heavy (non-hydrogen) atoms. The second-order valence-electron chi connectivity index (χ2n) is 2.05. The van der Waals surface area contributed by atoms with Crippen LogP contribution in [0.2, 0.25) is 0 Å². The first-order valence-electron chi connectivity index (χ1n) is 3.01. The molecular formula is C6H11NO3. The fourth-order valence-corrected chi connectivity index (χ4v) is 0.350. The highest BCUT2D eigenvalue weighted by atomic mass is 16.5. The Balaban J connectivity index is 3.30. The van der Waals surface area contributed by atoms with E-state index in [1.165, 1.54) is 0 Å². The standard InChI is InChI=1S/C6H11NO3/c1-5(2)10-3-6(9)7-4-8/h4-5H,3H2,1-2H3,(H,7,8,9). The zero-order valence-electron chi connectivity index (χ0n) is 6.09. The molecule has 0 spiro atoms. The topological polar surface area (TPSA) is 55.4 Å². The second kappa shape index (κ2) is 4.93. The van der Waals surface area contributed by atoms with Crippen molar-refractivity contribution in [2.45, 2.75) is 20.0 Å². The zero-order valence-corrected chi connectivity index (χ0v) is 6.09. The predicted octanol–water partition coefficient (Wildman–Crippen LogP) is -0.316. The van der Waals surface area contributed by atoms with E-state index in [2.05, 4.69) is 0 Å². The maximum atomic E-state index is 10.5. The summed E-state index contributed by atoms with van der Waals surface area (Å²) in [5.41, 5.74) is 0. The van der Waals surface area contributed by atoms with Crippen LogP contribution in [-0.2, 0) is 14.3 Å². The lowest BCUT2D eigenvalue weighted by atomic mass is 10.5. The van der Waals surface area contributed by atoms with Crippen LogP contribution in [0.3, 0.4) is 0 Å². The molecule has 0 bridgehead atoms. The van der Waals surface area contributed by atoms with Crippen molar-refractivity contribution in [3.05, 3.63) is 0 Å². The lowest BCUT2D eigenvalue weighted by Crippen LogP contribution is -2.27. The molecule has 0 radical (unpaired) electrons. The van der Waals surface area contributed by atoms with Crippen LogP contribution in [0.4, 0.5) is 0 Å². The number of ether oxygens (including phenoxy) is 1. The fraction of sp³-hybridized carbons (Fsp3) is 0.667. The molecule has 0 saturated heterocycles. The van der Waals surface area contributed by atoms with Gasteiger partial charge in [-0.3, -0.25) is 14.9 Å². The maximum absolute atomic E-state index is 10.5. The molecule has 0 heterocycles. The van der Waals surface area contributed by atoms with Gasteiger partial charge in [0.15, 0.2) is 0 Å². The van der Waals surface area contributed by atoms with Crippen molar-refractivity contribution in [1.82, 2.24) is 5.32 Å². The summed E-state index contributed by atoms with van der Waals surface area (Å²) in [5, 5.41) is 1.96. The first-order valence-corrected chi connectivity index (χ1v) is 3.01. The number of amides is 2. The monoisotopic (exact) mass is 145 g/mol. The molecule has 0 aliphatic heterocycles. The minimum absolute atomic E-state index is 0.0115. The Bertz CT molecular complexity index is 122. The van der Waals surface area contributed by atoms with Gasteiger partial charge in [0, 0.05) is 0 Å². The average molecular weight is 145 g/mol. The summed E-state index contributed by atoms with van der Waals surface area (Å²) in [6.07, 6.45) is 0.351. The van der Waals surface area contributed by atoms with Crippen molar-refractivity contribution in [1.29, 1.82) is 0 Å². The summed E-state index contributed by atoms with van der Waals surface area (Å²) in [6.45, 7) is 3.57. The first-order chi connectivity index (χ1) is 4.66. The minimum atomic E-state index is -0.413. The summed E-state index contributed by atoms with van der Waals surface area (Å²) in [4.78, 5) is 20.2. The molecule has 0 fully saturated rings. The van der Waals surface area contributed by atoms with Crippen LogP contribution in [0, 0.1) is 0 Å². The van der Waals surface area contributed by atoms with E-state index in [9.17, 15) is 9.59 Å². The van der Waals surface area contributed by atoms with Gasteiger partial charge in [-0.25, -0.2) is 0 Å². The van der Waals surface area contributed by atoms with Gasteiger partial charge in [0.05, 0.1) is 6.10 Å². The largest absolute Gasteiger partial charge is 0.369 e. The Kier molecular flexibility index (Phi) is 4.49. The normalized spacial score (nSPS) is 9.50. The summed E-state index contributed by atoms with van der Waals surface area (Å²) in [7, 11) is 0. The fourth-order valence-electron chi connectivity index (χ4n) is 0.350. The van der Waals surface area contributed by atoms with E-state index in [0.717, 1.165) is 0 Å². The average Bonchev–Trinajstić information content (AvgIpc) is 1.85. The third kappa shape index (κ3) is 5.24. The highest BCUT2D eigenvalue weighted by Crippen LogP contribution is 1.85. The number of carbonyl (C=O) groups excluding carboxylic acids is 2. The molecule has 58 valence electrons. The predicted molar refractivity (Wildman–Crippen MR) is 35.3 cm³/mol. The smallest absolute Gasteiger partial charge is 0.252 e. The zero-order chi connectivity index (χ0) is 7.98. The molecule has 0 atom stereocenters. The summed E-state index contributed by atoms with van der Waals surface area (Å²) < 4.78 is 4.89. The van der Waals surface area contributed by atoms with Gasteiger partial charge >= 0.3 is 0 Å². The van der Waals surface area contributed by atoms with Crippen molar-refractivity contribution in [3.8, 4) is 0 Å². The number of nitrogens with one attached hydrogen (secondary N) is 1. The van der Waals surface area contributed by atoms with Crippen LogP contribution in [-0.4, -0.2) is 25.0 Å². The van der Waals surface area contributed by atoms with Crippen molar-refractivity contribution >= 4 is 12.3 Å². The molecule has 0 aromatic rings. The minimum Gasteiger partial charge on any atom is -0.369 e. The van der Waals surface area contributed by atoms with Gasteiger partial charge in [0.2, 0.25) is 6.41 Å². The Hall–Kier alpha value is -0.900. The van der Waals surface area contributed by atoms with Gasteiger partial charge in [-0.15, -0.1) is 0 Å². The SMILES string of the molecule is CC(C)OCC(=O)NC=O. The molecule has 4 nitrogen and oxygen atoms in total. The Morgan fingerprint density at radius 2 is 2.30 bits per heavy atom. The summed E-state index contributed by atoms with van der Waals surface area (Å²) in [5.74, 6) is -0.413. The van der Waals surface area contributed by atoms with Crippen molar-refractivity contribution in [2.75, 3.05) is 6.61 Å². The molecule has 2 amide bonds. The summed E-state index contributed by atoms with van der Waals surface area (Å²) in [6, 6.07) is 0. The van der Waals surface area contributed by atoms with E-state index in [4.69, 9.17) is 4.74 Å². The van der Waals surface area contributed by atoms with E-state index in [-0.39, 0.29) is 12.7 Å². The first kappa shape index (κ1) is 9.10. The van der Waals surface area contributed by atoms with Crippen LogP contribution in [0.15, 0.2) is 0 Å². The van der Waals surface area contributed by atoms with Crippen LogP contribution in [0.25, 0.3) is 0 Å². The third-order valence-corrected chi connectivity index (χ3v) is 0.768. The van der Waals surface area contributed by atoms with Crippen molar-refractivity contribution in [3.63, 3.8) is 0 Å². The highest BCUT2D eigenvalue weighted by molar-refractivity contribution is 5.86. The second-order valence-corrected chi connectivity index (χ2v) is 2.05. The van der Waals surface area contributed by atoms with E-state index < -0.39 is 5.91 Å². The van der Waals surface area contributed by atoms with Crippen LogP contribution >= 0.6 is 0 Å². The maximum Gasteiger partial charge on any atom is 0.252 e. The summed E-state index contributed by atoms with van der Waals surface area (Å²) >= 11 is 0. The van der Waals surface area contributed by atoms with Crippen LogP contribution < -0.4 is 5.32 Å². The molecule has 0 saturated carbocycles. The third-order valence-electron chi connectivity index (χ3n) is 0.768. The molecule has 0 aliphatic rings. The van der Waals surface area contributed by atoms with Crippen molar-refractivity contribution in [2.24, 2.45) is 0 Å². The number of hydrogen-bond donors (Lipinski definition) is 1. The van der Waals surface area contributed by atoms with E-state index in [1.807, 2.05) is 19.2 Å². The van der Waals surface area contributed by atoms with E-state index >= 15 is 0 Å². The molecule has 4 heteroatoms. The Labute approximate surface area is 59.6 Å². The van der Waals surface area contributed by atoms with Gasteiger partial charge in [0.25, 0.3) is 5.91 Å². The molecule has 1 N–H and O–H groups in total. The van der Waals surface area contributed by atoms with Crippen molar-refractivity contribution < 1.29 is 14.3 Å². The van der Waals surface area contributed by atoms with E-state index in [0.29, 0.717) is 6.41 Å². The molecule has 0 aromatic heterocycles.